The molecule has 15 heavy (non-hydrogen) atoms. The van der Waals surface area contributed by atoms with E-state index in [0.29, 0.717) is 6.42 Å². The number of carbonyl (C=O) groups excluding carboxylic acids is 1. The predicted octanol–water partition coefficient (Wildman–Crippen LogP) is -0.0285. The van der Waals surface area contributed by atoms with Crippen LogP contribution >= 0.6 is 0 Å². The second-order valence-corrected chi connectivity index (χ2v) is 3.16. The van der Waals surface area contributed by atoms with Gasteiger partial charge in [-0.05, 0) is 24.1 Å². The molecule has 0 aromatic heterocycles. The van der Waals surface area contributed by atoms with Crippen molar-refractivity contribution in [2.45, 2.75) is 12.5 Å². The highest BCUT2D eigenvalue weighted by Gasteiger charge is 2.02. The van der Waals surface area contributed by atoms with E-state index in [1.807, 2.05) is 12.1 Å². The monoisotopic (exact) mass is 205 g/mol. The van der Waals surface area contributed by atoms with Crippen molar-refractivity contribution in [1.82, 2.24) is 0 Å². The van der Waals surface area contributed by atoms with Gasteiger partial charge in [0, 0.05) is 5.69 Å². The number of nitrogens with two attached hydrogens (primary N) is 2. The van der Waals surface area contributed by atoms with Gasteiger partial charge in [-0.25, -0.2) is 0 Å². The molecular weight excluding hydrogens is 192 g/mol. The largest absolute Gasteiger partial charge is 0.370 e. The Morgan fingerprint density at radius 2 is 2.07 bits per heavy atom. The molecule has 1 aromatic carbocycles. The van der Waals surface area contributed by atoms with Gasteiger partial charge >= 0.3 is 0 Å². The van der Waals surface area contributed by atoms with Crippen LogP contribution in [0.1, 0.15) is 5.56 Å². The van der Waals surface area contributed by atoms with E-state index in [0.717, 1.165) is 11.3 Å². The van der Waals surface area contributed by atoms with Crippen molar-refractivity contribution in [2.24, 2.45) is 11.5 Å². The van der Waals surface area contributed by atoms with Crippen LogP contribution in [0, 0.1) is 5.41 Å². The van der Waals surface area contributed by atoms with Gasteiger partial charge in [-0.3, -0.25) is 10.2 Å². The molecule has 0 spiro atoms. The average molecular weight is 205 g/mol. The van der Waals surface area contributed by atoms with E-state index >= 15 is 0 Å². The van der Waals surface area contributed by atoms with Gasteiger partial charge in [0.05, 0.1) is 6.04 Å². The van der Waals surface area contributed by atoms with Crippen molar-refractivity contribution in [3.05, 3.63) is 29.8 Å². The van der Waals surface area contributed by atoms with Crippen molar-refractivity contribution in [3.63, 3.8) is 0 Å². The van der Waals surface area contributed by atoms with Crippen LogP contribution in [0.25, 0.3) is 0 Å². The average Bonchev–Trinajstić information content (AvgIpc) is 2.20. The summed E-state index contributed by atoms with van der Waals surface area (Å²) < 4.78 is 0. The van der Waals surface area contributed by atoms with Crippen molar-refractivity contribution < 1.29 is 4.79 Å². The number of hydrogen-bond acceptors (Lipinski definition) is 3. The zero-order chi connectivity index (χ0) is 11.3. The molecule has 0 bridgehead atoms. The first-order valence-electron chi connectivity index (χ1n) is 4.45. The number of hydrogen-bond donors (Lipinski definition) is 4. The van der Waals surface area contributed by atoms with Gasteiger partial charge in [0.1, 0.15) is 0 Å². The molecule has 0 aliphatic carbocycles. The lowest BCUT2D eigenvalue weighted by atomic mass is 10.1. The van der Waals surface area contributed by atoms with Gasteiger partial charge in [-0.1, -0.05) is 12.1 Å². The molecule has 0 heterocycles. The number of benzene rings is 1. The van der Waals surface area contributed by atoms with Gasteiger partial charge in [-0.15, -0.1) is 0 Å². The fourth-order valence-corrected chi connectivity index (χ4v) is 1.18. The van der Waals surface area contributed by atoms with Crippen LogP contribution in [0.3, 0.4) is 0 Å². The van der Waals surface area contributed by atoms with E-state index in [-0.39, 0.29) is 5.96 Å². The molecule has 1 unspecified atom stereocenters. The molecule has 6 N–H and O–H groups in total. The third-order valence-corrected chi connectivity index (χ3v) is 1.84. The first-order valence-corrected chi connectivity index (χ1v) is 4.45. The Labute approximate surface area is 88.0 Å². The molecule has 79 valence electrons. The molecule has 0 aliphatic rings. The highest BCUT2D eigenvalue weighted by molar-refractivity contribution is 5.89. The summed E-state index contributed by atoms with van der Waals surface area (Å²) in [6.07, 6.45) is 2.18. The second kappa shape index (κ2) is 5.11. The normalized spacial score (nSPS) is 11.8. The quantitative estimate of drug-likeness (QED) is 0.409. The van der Waals surface area contributed by atoms with Crippen molar-refractivity contribution in [3.8, 4) is 0 Å². The van der Waals surface area contributed by atoms with E-state index in [2.05, 4.69) is 5.32 Å². The number of nitrogens with one attached hydrogen (secondary N) is 2. The Morgan fingerprint density at radius 1 is 1.47 bits per heavy atom. The first kappa shape index (κ1) is 11.2. The molecule has 0 amide bonds. The van der Waals surface area contributed by atoms with Gasteiger partial charge in [-0.2, -0.15) is 0 Å². The predicted molar refractivity (Wildman–Crippen MR) is 59.4 cm³/mol. The van der Waals surface area contributed by atoms with Crippen LogP contribution in [0.5, 0.6) is 0 Å². The molecule has 1 atom stereocenters. The van der Waals surface area contributed by atoms with Crippen LogP contribution in [0.4, 0.5) is 5.69 Å². The van der Waals surface area contributed by atoms with E-state index in [9.17, 15) is 4.79 Å². The lowest BCUT2D eigenvalue weighted by molar-refractivity contribution is 0.541. The lowest BCUT2D eigenvalue weighted by Crippen LogP contribution is -2.24. The summed E-state index contributed by atoms with van der Waals surface area (Å²) >= 11 is 0. The molecule has 1 rings (SSSR count). The Morgan fingerprint density at radius 3 is 2.53 bits per heavy atom. The van der Waals surface area contributed by atoms with Crippen LogP contribution < -0.4 is 16.8 Å². The Bertz CT molecular complexity index is 347. The van der Waals surface area contributed by atoms with E-state index in [1.54, 1.807) is 18.4 Å². The third kappa shape index (κ3) is 3.78. The molecule has 5 nitrogen and oxygen atoms in total. The van der Waals surface area contributed by atoms with Gasteiger partial charge in [0.15, 0.2) is 5.96 Å². The zero-order valence-electron chi connectivity index (χ0n) is 8.16. The minimum Gasteiger partial charge on any atom is -0.370 e. The van der Waals surface area contributed by atoms with Gasteiger partial charge in [0.25, 0.3) is 0 Å². The van der Waals surface area contributed by atoms with Crippen LogP contribution in [-0.4, -0.2) is 18.3 Å². The first-order chi connectivity index (χ1) is 7.11. The minimum absolute atomic E-state index is 0.110. The smallest absolute Gasteiger partial charge is 0.217 e. The fourth-order valence-electron chi connectivity index (χ4n) is 1.18. The van der Waals surface area contributed by atoms with Crippen molar-refractivity contribution >= 4 is 17.9 Å². The Hall–Kier alpha value is -1.88. The maximum atomic E-state index is 10.2. The van der Waals surface area contributed by atoms with Crippen LogP contribution in [-0.2, 0) is 11.2 Å². The summed E-state index contributed by atoms with van der Waals surface area (Å²) in [6.45, 7) is 0. The summed E-state index contributed by atoms with van der Waals surface area (Å²) in [5.41, 5.74) is 12.3. The van der Waals surface area contributed by atoms with Crippen molar-refractivity contribution in [1.29, 1.82) is 5.41 Å². The molecule has 0 saturated heterocycles. The summed E-state index contributed by atoms with van der Waals surface area (Å²) in [5.74, 6) is -0.110. The number of rotatable bonds is 4. The third-order valence-electron chi connectivity index (χ3n) is 1.84. The van der Waals surface area contributed by atoms with E-state index in [1.165, 1.54) is 0 Å². The highest BCUT2D eigenvalue weighted by Crippen LogP contribution is 2.09. The van der Waals surface area contributed by atoms with Gasteiger partial charge < -0.3 is 16.8 Å². The van der Waals surface area contributed by atoms with Crippen LogP contribution in [0.15, 0.2) is 24.3 Å². The number of guanidine groups is 1. The maximum absolute atomic E-state index is 10.2. The van der Waals surface area contributed by atoms with E-state index < -0.39 is 6.04 Å². The number of anilines is 1. The molecule has 0 fully saturated rings. The molecule has 5 heteroatoms. The lowest BCUT2D eigenvalue weighted by Gasteiger charge is -2.06. The molecule has 0 aliphatic heterocycles. The van der Waals surface area contributed by atoms with E-state index in [4.69, 9.17) is 16.9 Å². The summed E-state index contributed by atoms with van der Waals surface area (Å²) in [6, 6.07) is 6.60. The SMILES string of the molecule is N=C(N)Nc1ccc(CC(N)[C]=O)cc1. The maximum Gasteiger partial charge on any atom is 0.217 e. The highest BCUT2D eigenvalue weighted by atomic mass is 16.1. The van der Waals surface area contributed by atoms with Gasteiger partial charge in [0.2, 0.25) is 6.29 Å². The standard InChI is InChI=1S/C10H13N4O/c11-8(6-15)5-7-1-3-9(4-2-7)14-10(12)13/h1-4,8H,5,11H2,(H4,12,13,14). The second-order valence-electron chi connectivity index (χ2n) is 3.16. The fraction of sp³-hybridized carbons (Fsp3) is 0.200. The molecule has 0 saturated carbocycles. The van der Waals surface area contributed by atoms with Crippen LogP contribution in [0.2, 0.25) is 0 Å². The molecular formula is C10H13N4O. The summed E-state index contributed by atoms with van der Waals surface area (Å²) in [7, 11) is 0. The summed E-state index contributed by atoms with van der Waals surface area (Å²) in [5, 5.41) is 9.68. The topological polar surface area (TPSA) is 105 Å². The molecule has 1 aromatic rings. The Kier molecular flexibility index (Phi) is 3.82. The molecule has 1 radical (unpaired) electrons. The van der Waals surface area contributed by atoms with Crippen molar-refractivity contribution in [2.75, 3.05) is 5.32 Å². The minimum atomic E-state index is -0.586. The zero-order valence-corrected chi connectivity index (χ0v) is 8.16. The summed E-state index contributed by atoms with van der Waals surface area (Å²) in [4.78, 5) is 10.2. The Balaban J connectivity index is 2.63.